The maximum atomic E-state index is 5.52. The molecule has 2 rings (SSSR count). The van der Waals surface area contributed by atoms with Crippen molar-refractivity contribution in [2.24, 2.45) is 4.99 Å². The van der Waals surface area contributed by atoms with E-state index in [4.69, 9.17) is 14.5 Å². The minimum absolute atomic E-state index is 0.242. The lowest BCUT2D eigenvalue weighted by Crippen LogP contribution is -2.42. The molecule has 0 radical (unpaired) electrons. The Bertz CT molecular complexity index is 513. The van der Waals surface area contributed by atoms with Crippen LogP contribution in [0.5, 0.6) is 5.75 Å². The van der Waals surface area contributed by atoms with Gasteiger partial charge in [0.1, 0.15) is 5.75 Å². The first kappa shape index (κ1) is 19.5. The van der Waals surface area contributed by atoms with Gasteiger partial charge in [-0.2, -0.15) is 0 Å². The van der Waals surface area contributed by atoms with Crippen LogP contribution in [0.25, 0.3) is 0 Å². The summed E-state index contributed by atoms with van der Waals surface area (Å²) in [6.45, 7) is 10.2. The number of benzene rings is 1. The molecule has 1 fully saturated rings. The first-order chi connectivity index (χ1) is 12.3. The number of ether oxygens (including phenoxy) is 2. The zero-order valence-electron chi connectivity index (χ0n) is 15.8. The summed E-state index contributed by atoms with van der Waals surface area (Å²) in [5.74, 6) is 1.77. The summed E-state index contributed by atoms with van der Waals surface area (Å²) in [4.78, 5) is 7.28. The topological polar surface area (TPSA) is 58.1 Å². The number of hydrogen-bond donors (Lipinski definition) is 2. The summed E-state index contributed by atoms with van der Waals surface area (Å²) in [6, 6.07) is 8.56. The van der Waals surface area contributed by atoms with Gasteiger partial charge in [-0.25, -0.2) is 0 Å². The first-order valence-electron chi connectivity index (χ1n) is 9.26. The zero-order valence-corrected chi connectivity index (χ0v) is 15.8. The van der Waals surface area contributed by atoms with Gasteiger partial charge in [0, 0.05) is 26.2 Å². The van der Waals surface area contributed by atoms with E-state index in [1.54, 1.807) is 7.11 Å². The molecule has 6 nitrogen and oxygen atoms in total. The maximum absolute atomic E-state index is 5.52. The van der Waals surface area contributed by atoms with Crippen molar-refractivity contribution in [3.05, 3.63) is 29.8 Å². The minimum Gasteiger partial charge on any atom is -0.497 e. The molecule has 0 aromatic heterocycles. The van der Waals surface area contributed by atoms with Crippen molar-refractivity contribution in [2.75, 3.05) is 53.0 Å². The Morgan fingerprint density at radius 2 is 1.92 bits per heavy atom. The van der Waals surface area contributed by atoms with E-state index in [9.17, 15) is 0 Å². The van der Waals surface area contributed by atoms with Crippen molar-refractivity contribution >= 4 is 5.96 Å². The van der Waals surface area contributed by atoms with Gasteiger partial charge in [0.2, 0.25) is 0 Å². The first-order valence-corrected chi connectivity index (χ1v) is 9.26. The Balaban J connectivity index is 2.14. The van der Waals surface area contributed by atoms with Crippen LogP contribution >= 0.6 is 0 Å². The predicted molar refractivity (Wildman–Crippen MR) is 102 cm³/mol. The van der Waals surface area contributed by atoms with Gasteiger partial charge < -0.3 is 20.1 Å². The van der Waals surface area contributed by atoms with Crippen LogP contribution in [0.1, 0.15) is 31.9 Å². The molecule has 140 valence electrons. The molecule has 2 N–H and O–H groups in total. The van der Waals surface area contributed by atoms with Crippen LogP contribution in [0, 0.1) is 0 Å². The van der Waals surface area contributed by atoms with Gasteiger partial charge in [0.25, 0.3) is 0 Å². The number of aliphatic imine (C=N–C) groups is 1. The zero-order chi connectivity index (χ0) is 17.9. The normalized spacial score (nSPS) is 17.2. The van der Waals surface area contributed by atoms with Gasteiger partial charge in [-0.3, -0.25) is 9.89 Å². The van der Waals surface area contributed by atoms with Gasteiger partial charge in [-0.05, 0) is 31.0 Å². The molecule has 1 saturated heterocycles. The number of nitrogens with zero attached hydrogens (tertiary/aromatic N) is 2. The fourth-order valence-corrected chi connectivity index (χ4v) is 2.91. The second kappa shape index (κ2) is 10.9. The molecule has 1 aliphatic heterocycles. The van der Waals surface area contributed by atoms with Crippen LogP contribution in [-0.2, 0) is 4.74 Å². The standard InChI is InChI=1S/C19H32N4O2/c1-4-10-21-19(20-5-2)22-15-18(23-11-13-25-14-12-23)16-6-8-17(24-3)9-7-16/h6-9,18H,4-5,10-15H2,1-3H3,(H2,20,21,22). The Kier molecular flexibility index (Phi) is 8.55. The largest absolute Gasteiger partial charge is 0.497 e. The molecule has 1 atom stereocenters. The van der Waals surface area contributed by atoms with Crippen LogP contribution in [0.2, 0.25) is 0 Å². The van der Waals surface area contributed by atoms with Crippen LogP contribution in [0.4, 0.5) is 0 Å². The van der Waals surface area contributed by atoms with Gasteiger partial charge in [-0.15, -0.1) is 0 Å². The third-order valence-electron chi connectivity index (χ3n) is 4.30. The Morgan fingerprint density at radius 1 is 1.20 bits per heavy atom. The quantitative estimate of drug-likeness (QED) is 0.556. The summed E-state index contributed by atoms with van der Waals surface area (Å²) in [7, 11) is 1.70. The number of nitrogens with one attached hydrogen (secondary N) is 2. The van der Waals surface area contributed by atoms with Crippen molar-refractivity contribution < 1.29 is 9.47 Å². The average Bonchev–Trinajstić information content (AvgIpc) is 2.67. The number of guanidine groups is 1. The fourth-order valence-electron chi connectivity index (χ4n) is 2.91. The molecular weight excluding hydrogens is 316 g/mol. The van der Waals surface area contributed by atoms with E-state index >= 15 is 0 Å². The smallest absolute Gasteiger partial charge is 0.191 e. The minimum atomic E-state index is 0.242. The van der Waals surface area contributed by atoms with Gasteiger partial charge in [0.15, 0.2) is 5.96 Å². The molecule has 25 heavy (non-hydrogen) atoms. The summed E-state index contributed by atoms with van der Waals surface area (Å²) < 4.78 is 10.8. The lowest BCUT2D eigenvalue weighted by atomic mass is 10.0. The number of rotatable bonds is 8. The summed E-state index contributed by atoms with van der Waals surface area (Å²) >= 11 is 0. The molecule has 0 bridgehead atoms. The Hall–Kier alpha value is -1.79. The lowest BCUT2D eigenvalue weighted by Gasteiger charge is -2.34. The van der Waals surface area contributed by atoms with Crippen LogP contribution < -0.4 is 15.4 Å². The molecule has 0 aliphatic carbocycles. The molecule has 1 aromatic carbocycles. The number of methoxy groups -OCH3 is 1. The molecule has 6 heteroatoms. The van der Waals surface area contributed by atoms with Crippen LogP contribution in [-0.4, -0.2) is 63.9 Å². The van der Waals surface area contributed by atoms with Crippen molar-refractivity contribution in [1.82, 2.24) is 15.5 Å². The number of morpholine rings is 1. The molecular formula is C19H32N4O2. The molecule has 1 unspecified atom stereocenters. The van der Waals surface area contributed by atoms with Crippen molar-refractivity contribution in [1.29, 1.82) is 0 Å². The van der Waals surface area contributed by atoms with E-state index in [1.807, 2.05) is 12.1 Å². The molecule has 0 saturated carbocycles. The van der Waals surface area contributed by atoms with Crippen molar-refractivity contribution in [3.8, 4) is 5.75 Å². The van der Waals surface area contributed by atoms with Crippen LogP contribution in [0.15, 0.2) is 29.3 Å². The molecule has 0 amide bonds. The lowest BCUT2D eigenvalue weighted by molar-refractivity contribution is 0.0179. The number of hydrogen-bond acceptors (Lipinski definition) is 4. The van der Waals surface area contributed by atoms with Crippen LogP contribution in [0.3, 0.4) is 0 Å². The van der Waals surface area contributed by atoms with E-state index in [1.165, 1.54) is 5.56 Å². The van der Waals surface area contributed by atoms with Crippen molar-refractivity contribution in [2.45, 2.75) is 26.3 Å². The molecule has 1 heterocycles. The predicted octanol–water partition coefficient (Wildman–Crippen LogP) is 2.03. The fraction of sp³-hybridized carbons (Fsp3) is 0.632. The highest BCUT2D eigenvalue weighted by Crippen LogP contribution is 2.24. The maximum Gasteiger partial charge on any atom is 0.191 e. The van der Waals surface area contributed by atoms with Crippen molar-refractivity contribution in [3.63, 3.8) is 0 Å². The van der Waals surface area contributed by atoms with Gasteiger partial charge in [0.05, 0.1) is 32.9 Å². The Morgan fingerprint density at radius 3 is 2.52 bits per heavy atom. The van der Waals surface area contributed by atoms with E-state index in [0.29, 0.717) is 6.54 Å². The monoisotopic (exact) mass is 348 g/mol. The Labute approximate surface area is 151 Å². The third kappa shape index (κ3) is 6.21. The van der Waals surface area contributed by atoms with E-state index in [0.717, 1.165) is 57.5 Å². The average molecular weight is 348 g/mol. The second-order valence-electron chi connectivity index (χ2n) is 6.08. The van der Waals surface area contributed by atoms with Gasteiger partial charge in [-0.1, -0.05) is 19.1 Å². The summed E-state index contributed by atoms with van der Waals surface area (Å²) in [5.41, 5.74) is 1.26. The molecule has 1 aromatic rings. The summed E-state index contributed by atoms with van der Waals surface area (Å²) in [5, 5.41) is 6.70. The van der Waals surface area contributed by atoms with Gasteiger partial charge >= 0.3 is 0 Å². The highest BCUT2D eigenvalue weighted by Gasteiger charge is 2.22. The second-order valence-corrected chi connectivity index (χ2v) is 6.08. The van der Waals surface area contributed by atoms with E-state index in [-0.39, 0.29) is 6.04 Å². The third-order valence-corrected chi connectivity index (χ3v) is 4.30. The SMILES string of the molecule is CCCNC(=NCC(c1ccc(OC)cc1)N1CCOCC1)NCC. The van der Waals surface area contributed by atoms with E-state index < -0.39 is 0 Å². The molecule has 0 spiro atoms. The van der Waals surface area contributed by atoms with E-state index in [2.05, 4.69) is 41.5 Å². The highest BCUT2D eigenvalue weighted by molar-refractivity contribution is 5.79. The highest BCUT2D eigenvalue weighted by atomic mass is 16.5. The summed E-state index contributed by atoms with van der Waals surface area (Å²) in [6.07, 6.45) is 1.08. The molecule has 1 aliphatic rings.